The number of aromatic carboxylic acids is 1. The highest BCUT2D eigenvalue weighted by Crippen LogP contribution is 2.25. The van der Waals surface area contributed by atoms with Crippen molar-refractivity contribution in [3.8, 4) is 0 Å². The zero-order valence-electron chi connectivity index (χ0n) is 10.3. The number of halogens is 1. The molecule has 1 fully saturated rings. The molecule has 0 radical (unpaired) electrons. The average molecular weight is 268 g/mol. The van der Waals surface area contributed by atoms with E-state index < -0.39 is 5.97 Å². The van der Waals surface area contributed by atoms with Gasteiger partial charge in [0.25, 0.3) is 0 Å². The lowest BCUT2D eigenvalue weighted by Gasteiger charge is -2.22. The molecule has 1 aromatic carbocycles. The van der Waals surface area contributed by atoms with Gasteiger partial charge in [-0.3, -0.25) is 0 Å². The van der Waals surface area contributed by atoms with Crippen LogP contribution in [0.5, 0.6) is 0 Å². The lowest BCUT2D eigenvalue weighted by molar-refractivity contribution is 0.0698. The average Bonchev–Trinajstić information content (AvgIpc) is 2.38. The molecule has 1 aromatic rings. The molecular weight excluding hydrogens is 250 g/mol. The van der Waals surface area contributed by atoms with Gasteiger partial charge in [-0.05, 0) is 37.0 Å². The van der Waals surface area contributed by atoms with E-state index in [1.165, 1.54) is 38.2 Å². The molecule has 0 amide bonds. The second-order valence-corrected chi connectivity index (χ2v) is 5.32. The van der Waals surface area contributed by atoms with Gasteiger partial charge >= 0.3 is 5.97 Å². The molecule has 1 aliphatic rings. The Morgan fingerprint density at radius 2 is 2.06 bits per heavy atom. The van der Waals surface area contributed by atoms with Gasteiger partial charge in [-0.1, -0.05) is 30.9 Å². The van der Waals surface area contributed by atoms with Crippen molar-refractivity contribution in [3.63, 3.8) is 0 Å². The SMILES string of the molecule is O=C(O)c1cc(Cl)ccc1NCC1CCCCC1. The summed E-state index contributed by atoms with van der Waals surface area (Å²) in [5.74, 6) is -0.278. The van der Waals surface area contributed by atoms with Gasteiger partial charge in [0.15, 0.2) is 0 Å². The minimum Gasteiger partial charge on any atom is -0.478 e. The number of nitrogens with one attached hydrogen (secondary N) is 1. The molecule has 2 N–H and O–H groups in total. The van der Waals surface area contributed by atoms with Crippen LogP contribution in [0, 0.1) is 5.92 Å². The van der Waals surface area contributed by atoms with E-state index in [9.17, 15) is 4.79 Å². The van der Waals surface area contributed by atoms with Crippen LogP contribution in [0.4, 0.5) is 5.69 Å². The number of hydrogen-bond acceptors (Lipinski definition) is 2. The van der Waals surface area contributed by atoms with Crippen LogP contribution < -0.4 is 5.32 Å². The summed E-state index contributed by atoms with van der Waals surface area (Å²) in [5, 5.41) is 12.8. The smallest absolute Gasteiger partial charge is 0.337 e. The predicted molar refractivity (Wildman–Crippen MR) is 73.5 cm³/mol. The van der Waals surface area contributed by atoms with Crippen LogP contribution in [0.25, 0.3) is 0 Å². The van der Waals surface area contributed by atoms with Crippen LogP contribution in [0.15, 0.2) is 18.2 Å². The summed E-state index contributed by atoms with van der Waals surface area (Å²) in [6, 6.07) is 4.96. The van der Waals surface area contributed by atoms with E-state index in [2.05, 4.69) is 5.32 Å². The largest absolute Gasteiger partial charge is 0.478 e. The molecule has 4 heteroatoms. The number of carboxylic acids is 1. The van der Waals surface area contributed by atoms with Crippen LogP contribution in [0.2, 0.25) is 5.02 Å². The highest BCUT2D eigenvalue weighted by molar-refractivity contribution is 6.31. The molecule has 0 bridgehead atoms. The summed E-state index contributed by atoms with van der Waals surface area (Å²) in [5.41, 5.74) is 0.913. The molecule has 0 aromatic heterocycles. The Morgan fingerprint density at radius 3 is 2.72 bits per heavy atom. The number of carboxylic acid groups (broad SMARTS) is 1. The monoisotopic (exact) mass is 267 g/mol. The molecule has 3 nitrogen and oxygen atoms in total. The minimum atomic E-state index is -0.941. The number of carbonyl (C=O) groups is 1. The van der Waals surface area contributed by atoms with Gasteiger partial charge < -0.3 is 10.4 Å². The maximum absolute atomic E-state index is 11.1. The fourth-order valence-electron chi connectivity index (χ4n) is 2.49. The predicted octanol–water partition coefficient (Wildman–Crippen LogP) is 4.03. The van der Waals surface area contributed by atoms with Crippen molar-refractivity contribution in [2.45, 2.75) is 32.1 Å². The molecule has 18 heavy (non-hydrogen) atoms. The van der Waals surface area contributed by atoms with Crippen LogP contribution in [-0.2, 0) is 0 Å². The van der Waals surface area contributed by atoms with Crippen molar-refractivity contribution < 1.29 is 9.90 Å². The maximum atomic E-state index is 11.1. The van der Waals surface area contributed by atoms with Crippen molar-refractivity contribution in [2.24, 2.45) is 5.92 Å². The molecule has 0 atom stereocenters. The first-order valence-corrected chi connectivity index (χ1v) is 6.81. The topological polar surface area (TPSA) is 49.3 Å². The zero-order valence-corrected chi connectivity index (χ0v) is 11.0. The summed E-state index contributed by atoms with van der Waals surface area (Å²) in [4.78, 5) is 11.1. The molecule has 2 rings (SSSR count). The summed E-state index contributed by atoms with van der Waals surface area (Å²) in [6.45, 7) is 0.849. The van der Waals surface area contributed by atoms with Crippen LogP contribution in [0.3, 0.4) is 0 Å². The van der Waals surface area contributed by atoms with E-state index in [4.69, 9.17) is 16.7 Å². The number of rotatable bonds is 4. The Kier molecular flexibility index (Phi) is 4.48. The first kappa shape index (κ1) is 13.2. The van der Waals surface area contributed by atoms with Crippen molar-refractivity contribution in [1.82, 2.24) is 0 Å². The van der Waals surface area contributed by atoms with Gasteiger partial charge in [0.1, 0.15) is 0 Å². The number of anilines is 1. The van der Waals surface area contributed by atoms with Crippen LogP contribution >= 0.6 is 11.6 Å². The van der Waals surface area contributed by atoms with Crippen molar-refractivity contribution in [2.75, 3.05) is 11.9 Å². The molecule has 0 aliphatic heterocycles. The molecule has 0 saturated heterocycles. The number of hydrogen-bond donors (Lipinski definition) is 2. The molecule has 1 saturated carbocycles. The van der Waals surface area contributed by atoms with Gasteiger partial charge in [0.05, 0.1) is 5.56 Å². The minimum absolute atomic E-state index is 0.248. The van der Waals surface area contributed by atoms with Gasteiger partial charge in [-0.2, -0.15) is 0 Å². The molecule has 0 spiro atoms. The molecule has 0 unspecified atom stereocenters. The van der Waals surface area contributed by atoms with Gasteiger partial charge in [-0.25, -0.2) is 4.79 Å². The standard InChI is InChI=1S/C14H18ClNO2/c15-11-6-7-13(12(8-11)14(17)18)16-9-10-4-2-1-3-5-10/h6-8,10,16H,1-5,9H2,(H,17,18). The lowest BCUT2D eigenvalue weighted by atomic mass is 9.89. The van der Waals surface area contributed by atoms with Gasteiger partial charge in [0.2, 0.25) is 0 Å². The summed E-state index contributed by atoms with van der Waals surface area (Å²) in [7, 11) is 0. The van der Waals surface area contributed by atoms with Gasteiger partial charge in [0, 0.05) is 17.3 Å². The molecule has 1 aliphatic carbocycles. The Labute approximate surface area is 112 Å². The lowest BCUT2D eigenvalue weighted by Crippen LogP contribution is -2.18. The van der Waals surface area contributed by atoms with Crippen molar-refractivity contribution in [3.05, 3.63) is 28.8 Å². The Bertz CT molecular complexity index is 428. The van der Waals surface area contributed by atoms with Crippen LogP contribution in [0.1, 0.15) is 42.5 Å². The Hall–Kier alpha value is -1.22. The third-order valence-corrected chi connectivity index (χ3v) is 3.75. The maximum Gasteiger partial charge on any atom is 0.337 e. The van der Waals surface area contributed by atoms with E-state index in [-0.39, 0.29) is 5.56 Å². The summed E-state index contributed by atoms with van der Waals surface area (Å²) < 4.78 is 0. The highest BCUT2D eigenvalue weighted by atomic mass is 35.5. The second kappa shape index (κ2) is 6.10. The fraction of sp³-hybridized carbons (Fsp3) is 0.500. The summed E-state index contributed by atoms with van der Waals surface area (Å²) in [6.07, 6.45) is 6.39. The first-order chi connectivity index (χ1) is 8.66. The fourth-order valence-corrected chi connectivity index (χ4v) is 2.67. The zero-order chi connectivity index (χ0) is 13.0. The third kappa shape index (κ3) is 3.39. The summed E-state index contributed by atoms with van der Waals surface area (Å²) >= 11 is 5.82. The Balaban J connectivity index is 2.01. The molecule has 98 valence electrons. The highest BCUT2D eigenvalue weighted by Gasteiger charge is 2.15. The van der Waals surface area contributed by atoms with E-state index in [0.29, 0.717) is 16.6 Å². The van der Waals surface area contributed by atoms with Crippen molar-refractivity contribution in [1.29, 1.82) is 0 Å². The van der Waals surface area contributed by atoms with Gasteiger partial charge in [-0.15, -0.1) is 0 Å². The number of benzene rings is 1. The van der Waals surface area contributed by atoms with E-state index >= 15 is 0 Å². The van der Waals surface area contributed by atoms with E-state index in [1.807, 2.05) is 0 Å². The second-order valence-electron chi connectivity index (χ2n) is 4.88. The van der Waals surface area contributed by atoms with Crippen molar-refractivity contribution >= 4 is 23.3 Å². The third-order valence-electron chi connectivity index (χ3n) is 3.52. The molecular formula is C14H18ClNO2. The quantitative estimate of drug-likeness (QED) is 0.866. The van der Waals surface area contributed by atoms with E-state index in [1.54, 1.807) is 12.1 Å². The van der Waals surface area contributed by atoms with E-state index in [0.717, 1.165) is 6.54 Å². The Morgan fingerprint density at radius 1 is 1.33 bits per heavy atom. The molecule has 0 heterocycles. The first-order valence-electron chi connectivity index (χ1n) is 6.43. The normalized spacial score (nSPS) is 16.5. The van der Waals surface area contributed by atoms with Crippen LogP contribution in [-0.4, -0.2) is 17.6 Å².